The number of carbonyl (C=O) groups is 1. The second-order valence-electron chi connectivity index (χ2n) is 6.23. The summed E-state index contributed by atoms with van der Waals surface area (Å²) in [6, 6.07) is 15.3. The Hall–Kier alpha value is -2.88. The quantitative estimate of drug-likeness (QED) is 0.691. The molecule has 0 atom stereocenters. The zero-order chi connectivity index (χ0) is 16.7. The number of fused-ring (bicyclic) bond motifs is 2. The SMILES string of the molecule is Cc1ccc2cc(C(=O)N3CCc4ccccc4C3)oc(=O)c2c1. The first-order valence-corrected chi connectivity index (χ1v) is 8.02. The fourth-order valence-electron chi connectivity index (χ4n) is 3.23. The van der Waals surface area contributed by atoms with Crippen molar-refractivity contribution in [3.8, 4) is 0 Å². The van der Waals surface area contributed by atoms with E-state index in [1.54, 1.807) is 17.0 Å². The Morgan fingerprint density at radius 1 is 1.08 bits per heavy atom. The van der Waals surface area contributed by atoms with Crippen LogP contribution in [-0.4, -0.2) is 17.4 Å². The maximum atomic E-state index is 12.8. The summed E-state index contributed by atoms with van der Waals surface area (Å²) in [5.41, 5.74) is 2.95. The van der Waals surface area contributed by atoms with E-state index in [2.05, 4.69) is 6.07 Å². The molecule has 0 N–H and O–H groups in total. The van der Waals surface area contributed by atoms with Crippen molar-refractivity contribution in [2.45, 2.75) is 19.9 Å². The van der Waals surface area contributed by atoms with E-state index in [0.717, 1.165) is 22.9 Å². The highest BCUT2D eigenvalue weighted by Gasteiger charge is 2.23. The van der Waals surface area contributed by atoms with Gasteiger partial charge in [-0.05, 0) is 42.0 Å². The van der Waals surface area contributed by atoms with Gasteiger partial charge in [-0.15, -0.1) is 0 Å². The molecule has 0 spiro atoms. The minimum atomic E-state index is -0.461. The summed E-state index contributed by atoms with van der Waals surface area (Å²) >= 11 is 0. The topological polar surface area (TPSA) is 50.5 Å². The first-order chi connectivity index (χ1) is 11.6. The van der Waals surface area contributed by atoms with Gasteiger partial charge in [0.15, 0.2) is 5.76 Å². The van der Waals surface area contributed by atoms with Crippen molar-refractivity contribution in [1.29, 1.82) is 0 Å². The van der Waals surface area contributed by atoms with Crippen molar-refractivity contribution in [3.05, 3.63) is 81.4 Å². The van der Waals surface area contributed by atoms with Gasteiger partial charge in [0.05, 0.1) is 5.39 Å². The van der Waals surface area contributed by atoms with Gasteiger partial charge in [0.25, 0.3) is 5.91 Å². The fraction of sp³-hybridized carbons (Fsp3) is 0.200. The van der Waals surface area contributed by atoms with E-state index >= 15 is 0 Å². The summed E-state index contributed by atoms with van der Waals surface area (Å²) < 4.78 is 5.30. The second kappa shape index (κ2) is 5.64. The lowest BCUT2D eigenvalue weighted by molar-refractivity contribution is 0.0698. The molecule has 120 valence electrons. The molecule has 24 heavy (non-hydrogen) atoms. The van der Waals surface area contributed by atoms with Crippen molar-refractivity contribution >= 4 is 16.7 Å². The maximum absolute atomic E-state index is 12.8. The van der Waals surface area contributed by atoms with E-state index in [4.69, 9.17) is 4.42 Å². The predicted molar refractivity (Wildman–Crippen MR) is 92.1 cm³/mol. The smallest absolute Gasteiger partial charge is 0.344 e. The van der Waals surface area contributed by atoms with Gasteiger partial charge in [-0.1, -0.05) is 42.0 Å². The number of benzene rings is 2. The molecule has 1 amide bonds. The standard InChI is InChI=1S/C20H17NO3/c1-13-6-7-15-11-18(24-20(23)17(15)10-13)19(22)21-9-8-14-4-2-3-5-16(14)12-21/h2-7,10-11H,8-9,12H2,1H3. The Balaban J connectivity index is 1.69. The lowest BCUT2D eigenvalue weighted by Gasteiger charge is -2.28. The lowest BCUT2D eigenvalue weighted by Crippen LogP contribution is -2.36. The normalized spacial score (nSPS) is 13.8. The number of rotatable bonds is 1. The van der Waals surface area contributed by atoms with Crippen LogP contribution in [0.2, 0.25) is 0 Å². The highest BCUT2D eigenvalue weighted by Crippen LogP contribution is 2.21. The Morgan fingerprint density at radius 2 is 1.88 bits per heavy atom. The monoisotopic (exact) mass is 319 g/mol. The highest BCUT2D eigenvalue weighted by molar-refractivity contribution is 5.95. The van der Waals surface area contributed by atoms with Crippen molar-refractivity contribution < 1.29 is 9.21 Å². The van der Waals surface area contributed by atoms with Crippen molar-refractivity contribution in [2.24, 2.45) is 0 Å². The molecule has 1 aliphatic rings. The molecule has 1 aliphatic heterocycles. The minimum Gasteiger partial charge on any atom is -0.417 e. The summed E-state index contributed by atoms with van der Waals surface area (Å²) in [5, 5.41) is 1.24. The average molecular weight is 319 g/mol. The van der Waals surface area contributed by atoms with Crippen LogP contribution in [0.15, 0.2) is 57.7 Å². The molecule has 0 bridgehead atoms. The first kappa shape index (κ1) is 14.7. The van der Waals surface area contributed by atoms with Crippen LogP contribution in [0.1, 0.15) is 27.2 Å². The zero-order valence-corrected chi connectivity index (χ0v) is 13.4. The van der Waals surface area contributed by atoms with Crippen molar-refractivity contribution in [2.75, 3.05) is 6.54 Å². The molecule has 0 saturated carbocycles. The molecule has 0 fully saturated rings. The Morgan fingerprint density at radius 3 is 2.71 bits per heavy atom. The summed E-state index contributed by atoms with van der Waals surface area (Å²) in [4.78, 5) is 26.7. The third kappa shape index (κ3) is 2.50. The zero-order valence-electron chi connectivity index (χ0n) is 13.4. The van der Waals surface area contributed by atoms with Gasteiger partial charge in [-0.3, -0.25) is 4.79 Å². The predicted octanol–water partition coefficient (Wildman–Crippen LogP) is 3.30. The van der Waals surface area contributed by atoms with Crippen LogP contribution in [0.5, 0.6) is 0 Å². The lowest BCUT2D eigenvalue weighted by atomic mass is 10.00. The summed E-state index contributed by atoms with van der Waals surface area (Å²) in [5.74, 6) is -0.125. The van der Waals surface area contributed by atoms with Gasteiger partial charge >= 0.3 is 5.63 Å². The van der Waals surface area contributed by atoms with Crippen LogP contribution in [0.25, 0.3) is 10.8 Å². The molecule has 4 rings (SSSR count). The summed E-state index contributed by atoms with van der Waals surface area (Å²) in [7, 11) is 0. The van der Waals surface area contributed by atoms with E-state index in [9.17, 15) is 9.59 Å². The average Bonchev–Trinajstić information content (AvgIpc) is 2.61. The highest BCUT2D eigenvalue weighted by atomic mass is 16.4. The van der Waals surface area contributed by atoms with Crippen LogP contribution in [0.3, 0.4) is 0 Å². The minimum absolute atomic E-state index is 0.107. The number of hydrogen-bond donors (Lipinski definition) is 0. The molecule has 0 unspecified atom stereocenters. The van der Waals surface area contributed by atoms with E-state index in [1.165, 1.54) is 5.56 Å². The van der Waals surface area contributed by atoms with Gasteiger partial charge in [0.2, 0.25) is 0 Å². The van der Waals surface area contributed by atoms with Crippen LogP contribution < -0.4 is 5.63 Å². The van der Waals surface area contributed by atoms with E-state index < -0.39 is 5.63 Å². The van der Waals surface area contributed by atoms with Crippen molar-refractivity contribution in [1.82, 2.24) is 4.90 Å². The van der Waals surface area contributed by atoms with Gasteiger partial charge in [0, 0.05) is 13.1 Å². The second-order valence-corrected chi connectivity index (χ2v) is 6.23. The molecule has 0 saturated heterocycles. The van der Waals surface area contributed by atoms with E-state index in [1.807, 2.05) is 37.3 Å². The first-order valence-electron chi connectivity index (χ1n) is 8.02. The number of nitrogens with zero attached hydrogens (tertiary/aromatic N) is 1. The third-order valence-electron chi connectivity index (χ3n) is 4.55. The fourth-order valence-corrected chi connectivity index (χ4v) is 3.23. The molecular formula is C20H17NO3. The number of carbonyl (C=O) groups excluding carboxylic acids is 1. The summed E-state index contributed by atoms with van der Waals surface area (Å²) in [6.45, 7) is 3.10. The van der Waals surface area contributed by atoms with Gasteiger partial charge in [-0.25, -0.2) is 4.79 Å². The van der Waals surface area contributed by atoms with Gasteiger partial charge in [-0.2, -0.15) is 0 Å². The number of hydrogen-bond acceptors (Lipinski definition) is 3. The molecule has 0 aliphatic carbocycles. The van der Waals surface area contributed by atoms with E-state index in [0.29, 0.717) is 18.5 Å². The molecule has 0 radical (unpaired) electrons. The molecule has 3 aromatic rings. The molecular weight excluding hydrogens is 302 g/mol. The van der Waals surface area contributed by atoms with Crippen LogP contribution in [0.4, 0.5) is 0 Å². The largest absolute Gasteiger partial charge is 0.417 e. The molecule has 2 heterocycles. The van der Waals surface area contributed by atoms with E-state index in [-0.39, 0.29) is 11.7 Å². The third-order valence-corrected chi connectivity index (χ3v) is 4.55. The Bertz CT molecular complexity index is 1000. The van der Waals surface area contributed by atoms with Crippen LogP contribution in [-0.2, 0) is 13.0 Å². The van der Waals surface area contributed by atoms with Crippen LogP contribution in [0, 0.1) is 6.92 Å². The van der Waals surface area contributed by atoms with Gasteiger partial charge in [0.1, 0.15) is 0 Å². The molecule has 4 heteroatoms. The Labute approximate surface area is 139 Å². The van der Waals surface area contributed by atoms with Crippen molar-refractivity contribution in [3.63, 3.8) is 0 Å². The number of aryl methyl sites for hydroxylation is 1. The maximum Gasteiger partial charge on any atom is 0.344 e. The molecule has 2 aromatic carbocycles. The van der Waals surface area contributed by atoms with Gasteiger partial charge < -0.3 is 9.32 Å². The molecule has 4 nitrogen and oxygen atoms in total. The molecule has 1 aromatic heterocycles. The van der Waals surface area contributed by atoms with Crippen LogP contribution >= 0.6 is 0 Å². The summed E-state index contributed by atoms with van der Waals surface area (Å²) in [6.07, 6.45) is 0.818. The number of amides is 1. The Kier molecular flexibility index (Phi) is 3.45.